The number of amides is 1. The topological polar surface area (TPSA) is 114 Å². The van der Waals surface area contributed by atoms with Gasteiger partial charge in [0.1, 0.15) is 11.8 Å². The van der Waals surface area contributed by atoms with Gasteiger partial charge in [0.15, 0.2) is 0 Å². The number of nitrogens with zero attached hydrogens (tertiary/aromatic N) is 5. The van der Waals surface area contributed by atoms with Crippen molar-refractivity contribution in [2.45, 2.75) is 64.3 Å². The van der Waals surface area contributed by atoms with Crippen LogP contribution in [0, 0.1) is 10.1 Å². The second kappa shape index (κ2) is 8.85. The molecule has 29 heavy (non-hydrogen) atoms. The number of aliphatic hydroxyl groups is 1. The largest absolute Gasteiger partial charge is 0.444 e. The maximum atomic E-state index is 12.2. The number of piperidine rings is 1. The van der Waals surface area contributed by atoms with Crippen LogP contribution in [0.15, 0.2) is 6.20 Å². The van der Waals surface area contributed by atoms with E-state index in [-0.39, 0.29) is 29.8 Å². The summed E-state index contributed by atoms with van der Waals surface area (Å²) in [6.45, 7) is 8.77. The molecule has 1 aromatic rings. The summed E-state index contributed by atoms with van der Waals surface area (Å²) in [5.41, 5.74) is -1.69. The van der Waals surface area contributed by atoms with Crippen molar-refractivity contribution in [3.05, 3.63) is 21.6 Å². The first-order valence-electron chi connectivity index (χ1n) is 9.55. The number of carbonyl (C=O) groups is 1. The van der Waals surface area contributed by atoms with E-state index in [4.69, 9.17) is 16.3 Å². The lowest BCUT2D eigenvalue weighted by atomic mass is 10.0. The Morgan fingerprint density at radius 2 is 2.00 bits per heavy atom. The normalized spacial score (nSPS) is 18.0. The lowest BCUT2D eigenvalue weighted by Gasteiger charge is -2.39. The lowest BCUT2D eigenvalue weighted by molar-refractivity contribution is -0.389. The molecule has 0 spiro atoms. The minimum absolute atomic E-state index is 0.0368. The summed E-state index contributed by atoms with van der Waals surface area (Å²) in [5.74, 6) is -0.353. The Kier molecular flexibility index (Phi) is 7.13. The molecule has 0 saturated carbocycles. The van der Waals surface area contributed by atoms with Crippen molar-refractivity contribution in [2.75, 3.05) is 26.7 Å². The molecular formula is C18H30ClN5O5. The number of nitro groups is 1. The van der Waals surface area contributed by atoms with Crippen LogP contribution in [0.1, 0.15) is 40.5 Å². The van der Waals surface area contributed by atoms with E-state index in [1.54, 1.807) is 11.8 Å². The Hall–Kier alpha value is -1.91. The van der Waals surface area contributed by atoms with E-state index in [1.807, 2.05) is 32.7 Å². The van der Waals surface area contributed by atoms with Crippen LogP contribution in [0.25, 0.3) is 0 Å². The van der Waals surface area contributed by atoms with E-state index in [0.717, 1.165) is 12.8 Å². The van der Waals surface area contributed by atoms with Crippen molar-refractivity contribution in [3.8, 4) is 0 Å². The van der Waals surface area contributed by atoms with Gasteiger partial charge in [0.05, 0.1) is 12.1 Å². The molecule has 0 aliphatic carbocycles. The number of rotatable bonds is 6. The minimum Gasteiger partial charge on any atom is -0.444 e. The van der Waals surface area contributed by atoms with Gasteiger partial charge >= 0.3 is 17.2 Å². The van der Waals surface area contributed by atoms with Gasteiger partial charge in [0, 0.05) is 25.7 Å². The van der Waals surface area contributed by atoms with Gasteiger partial charge in [0.2, 0.25) is 0 Å². The highest BCUT2D eigenvalue weighted by Crippen LogP contribution is 2.22. The van der Waals surface area contributed by atoms with Gasteiger partial charge in [-0.25, -0.2) is 4.79 Å². The molecule has 1 aromatic heterocycles. The van der Waals surface area contributed by atoms with Crippen LogP contribution in [0.3, 0.4) is 0 Å². The predicted octanol–water partition coefficient (Wildman–Crippen LogP) is 2.53. The SMILES string of the molecule is CN(CC(C)(O)Cn1cc([N+](=O)[O-])nc1Cl)C1CCN(C(=O)OC(C)(C)C)CC1. The van der Waals surface area contributed by atoms with E-state index in [9.17, 15) is 20.0 Å². The fraction of sp³-hybridized carbons (Fsp3) is 0.778. The van der Waals surface area contributed by atoms with Crippen LogP contribution in [-0.2, 0) is 11.3 Å². The maximum Gasteiger partial charge on any atom is 0.410 e. The Morgan fingerprint density at radius 1 is 1.41 bits per heavy atom. The Bertz CT molecular complexity index is 737. The molecule has 11 heteroatoms. The van der Waals surface area contributed by atoms with E-state index in [2.05, 4.69) is 4.98 Å². The van der Waals surface area contributed by atoms with Crippen molar-refractivity contribution in [1.82, 2.24) is 19.4 Å². The summed E-state index contributed by atoms with van der Waals surface area (Å²) < 4.78 is 6.79. The number of aromatic nitrogens is 2. The van der Waals surface area contributed by atoms with Crippen LogP contribution in [0.5, 0.6) is 0 Å². The molecule has 1 fully saturated rings. The molecule has 1 aliphatic rings. The highest BCUT2D eigenvalue weighted by atomic mass is 35.5. The summed E-state index contributed by atoms with van der Waals surface area (Å²) in [6.07, 6.45) is 2.45. The van der Waals surface area contributed by atoms with Crippen LogP contribution in [-0.4, -0.2) is 79.4 Å². The second-order valence-electron chi connectivity index (χ2n) is 8.86. The number of hydrogen-bond donors (Lipinski definition) is 1. The van der Waals surface area contributed by atoms with Crippen molar-refractivity contribution >= 4 is 23.5 Å². The molecule has 0 aromatic carbocycles. The number of likely N-dealkylation sites (N-methyl/N-ethyl adjacent to an activating group) is 1. The second-order valence-corrected chi connectivity index (χ2v) is 9.20. The monoisotopic (exact) mass is 431 g/mol. The van der Waals surface area contributed by atoms with Crippen molar-refractivity contribution in [1.29, 1.82) is 0 Å². The van der Waals surface area contributed by atoms with Gasteiger partial charge in [0.25, 0.3) is 0 Å². The van der Waals surface area contributed by atoms with Gasteiger partial charge in [-0.05, 0) is 69.1 Å². The third-order valence-corrected chi connectivity index (χ3v) is 5.04. The van der Waals surface area contributed by atoms with Gasteiger partial charge < -0.3 is 29.8 Å². The zero-order chi connectivity index (χ0) is 22.0. The lowest BCUT2D eigenvalue weighted by Crippen LogP contribution is -2.51. The fourth-order valence-electron chi connectivity index (χ4n) is 3.48. The quantitative estimate of drug-likeness (QED) is 0.543. The average Bonchev–Trinajstić information content (AvgIpc) is 2.93. The first-order chi connectivity index (χ1) is 13.3. The zero-order valence-electron chi connectivity index (χ0n) is 17.6. The first kappa shape index (κ1) is 23.4. The summed E-state index contributed by atoms with van der Waals surface area (Å²) in [6, 6.07) is 0.202. The molecule has 10 nitrogen and oxygen atoms in total. The van der Waals surface area contributed by atoms with Gasteiger partial charge in [-0.3, -0.25) is 4.57 Å². The van der Waals surface area contributed by atoms with Crippen LogP contribution >= 0.6 is 11.6 Å². The average molecular weight is 432 g/mol. The third kappa shape index (κ3) is 6.83. The molecule has 0 bridgehead atoms. The van der Waals surface area contributed by atoms with Crippen molar-refractivity contribution < 1.29 is 19.6 Å². The molecule has 1 unspecified atom stereocenters. The van der Waals surface area contributed by atoms with Gasteiger partial charge in [-0.2, -0.15) is 0 Å². The molecule has 2 rings (SSSR count). The van der Waals surface area contributed by atoms with E-state index >= 15 is 0 Å². The molecule has 1 amide bonds. The summed E-state index contributed by atoms with van der Waals surface area (Å²) >= 11 is 5.95. The van der Waals surface area contributed by atoms with Gasteiger partial charge in [-0.1, -0.05) is 0 Å². The Morgan fingerprint density at radius 3 is 2.48 bits per heavy atom. The van der Waals surface area contributed by atoms with Gasteiger partial charge in [-0.15, -0.1) is 0 Å². The maximum absolute atomic E-state index is 12.2. The molecule has 1 atom stereocenters. The van der Waals surface area contributed by atoms with Crippen LogP contribution in [0.2, 0.25) is 5.28 Å². The number of halogens is 1. The Labute approximate surface area is 175 Å². The number of carbonyl (C=O) groups excluding carboxylic acids is 1. The molecule has 1 N–H and O–H groups in total. The minimum atomic E-state index is -1.17. The van der Waals surface area contributed by atoms with Crippen LogP contribution < -0.4 is 0 Å². The highest BCUT2D eigenvalue weighted by molar-refractivity contribution is 6.28. The van der Waals surface area contributed by atoms with E-state index < -0.39 is 16.1 Å². The van der Waals surface area contributed by atoms with Crippen LogP contribution in [0.4, 0.5) is 10.6 Å². The zero-order valence-corrected chi connectivity index (χ0v) is 18.3. The Balaban J connectivity index is 1.89. The highest BCUT2D eigenvalue weighted by Gasteiger charge is 2.32. The number of hydrogen-bond acceptors (Lipinski definition) is 7. The number of likely N-dealkylation sites (tertiary alicyclic amines) is 1. The molecule has 1 saturated heterocycles. The molecule has 0 radical (unpaired) electrons. The third-order valence-electron chi connectivity index (χ3n) is 4.74. The first-order valence-corrected chi connectivity index (χ1v) is 9.93. The van der Waals surface area contributed by atoms with E-state index in [1.165, 1.54) is 10.8 Å². The molecule has 1 aliphatic heterocycles. The summed E-state index contributed by atoms with van der Waals surface area (Å²) in [5, 5.41) is 21.6. The summed E-state index contributed by atoms with van der Waals surface area (Å²) in [4.78, 5) is 29.8. The smallest absolute Gasteiger partial charge is 0.410 e. The van der Waals surface area contributed by atoms with Crippen molar-refractivity contribution in [3.63, 3.8) is 0 Å². The molecule has 2 heterocycles. The van der Waals surface area contributed by atoms with E-state index in [0.29, 0.717) is 19.6 Å². The van der Waals surface area contributed by atoms with Crippen molar-refractivity contribution in [2.24, 2.45) is 0 Å². The number of ether oxygens (including phenoxy) is 1. The predicted molar refractivity (Wildman–Crippen MR) is 108 cm³/mol. The fourth-order valence-corrected chi connectivity index (χ4v) is 3.67. The molecule has 164 valence electrons. The standard InChI is InChI=1S/C18H30ClN5O5/c1-17(2,3)29-16(25)22-8-6-13(7-9-22)21(5)11-18(4,26)12-23-10-14(24(27)28)20-15(23)19/h10,13,26H,6-9,11-12H2,1-5H3. The number of imidazole rings is 1. The molecular weight excluding hydrogens is 402 g/mol. The summed E-state index contributed by atoms with van der Waals surface area (Å²) in [7, 11) is 1.92.